The van der Waals surface area contributed by atoms with E-state index in [0.717, 1.165) is 35.2 Å². The molecule has 1 aromatic heterocycles. The second-order valence-corrected chi connectivity index (χ2v) is 13.1. The average Bonchev–Trinajstić information content (AvgIpc) is 3.32. The van der Waals surface area contributed by atoms with Crippen LogP contribution in [0, 0.1) is 5.41 Å². The number of sulfonamides is 1. The van der Waals surface area contributed by atoms with Gasteiger partial charge < -0.3 is 14.7 Å². The fourth-order valence-electron chi connectivity index (χ4n) is 4.28. The normalized spacial score (nSPS) is 14.9. The van der Waals surface area contributed by atoms with Crippen LogP contribution in [0.3, 0.4) is 0 Å². The van der Waals surface area contributed by atoms with E-state index in [2.05, 4.69) is 4.90 Å². The first-order chi connectivity index (χ1) is 17.6. The lowest BCUT2D eigenvalue weighted by atomic mass is 10.1. The summed E-state index contributed by atoms with van der Waals surface area (Å²) in [4.78, 5) is 18.8. The number of hydrogen-bond donors (Lipinski definition) is 1. The number of carbonyl (C=O) groups is 1. The van der Waals surface area contributed by atoms with E-state index in [9.17, 15) is 13.2 Å². The van der Waals surface area contributed by atoms with Crippen molar-refractivity contribution in [2.24, 2.45) is 0 Å². The third-order valence-corrected chi connectivity index (χ3v) is 10.1. The van der Waals surface area contributed by atoms with Gasteiger partial charge in [0.05, 0.1) is 0 Å². The Kier molecular flexibility index (Phi) is 8.55. The van der Waals surface area contributed by atoms with Crippen LogP contribution >= 0.6 is 22.9 Å². The van der Waals surface area contributed by atoms with Crippen molar-refractivity contribution in [3.05, 3.63) is 64.7 Å². The van der Waals surface area contributed by atoms with E-state index in [1.807, 2.05) is 32.1 Å². The number of hydrogen-bond acceptors (Lipinski definition) is 6. The molecular formula is C26H32ClN5O3S2. The minimum atomic E-state index is -3.65. The van der Waals surface area contributed by atoms with Gasteiger partial charge in [-0.25, -0.2) is 8.42 Å². The minimum Gasteiger partial charge on any atom is -0.360 e. The van der Waals surface area contributed by atoms with Gasteiger partial charge >= 0.3 is 0 Å². The van der Waals surface area contributed by atoms with Crippen molar-refractivity contribution in [3.8, 4) is 0 Å². The van der Waals surface area contributed by atoms with Crippen LogP contribution in [-0.2, 0) is 10.0 Å². The van der Waals surface area contributed by atoms with E-state index in [0.29, 0.717) is 29.5 Å². The van der Waals surface area contributed by atoms with Gasteiger partial charge in [-0.1, -0.05) is 29.8 Å². The Morgan fingerprint density at radius 2 is 1.62 bits per heavy atom. The molecule has 0 aliphatic carbocycles. The maximum Gasteiger partial charge on any atom is 0.253 e. The number of amides is 1. The van der Waals surface area contributed by atoms with E-state index in [-0.39, 0.29) is 23.2 Å². The number of piperazine rings is 1. The highest BCUT2D eigenvalue weighted by atomic mass is 35.5. The Bertz CT molecular complexity index is 1380. The molecule has 0 spiro atoms. The first-order valence-electron chi connectivity index (χ1n) is 12.1. The van der Waals surface area contributed by atoms with Crippen LogP contribution in [0.25, 0.3) is 10.1 Å². The second kappa shape index (κ2) is 11.5. The van der Waals surface area contributed by atoms with Gasteiger partial charge in [-0.05, 0) is 62.8 Å². The molecule has 0 radical (unpaired) electrons. The van der Waals surface area contributed by atoms with Gasteiger partial charge in [-0.2, -0.15) is 4.31 Å². The number of nitrogens with one attached hydrogen (secondary N) is 1. The van der Waals surface area contributed by atoms with Gasteiger partial charge in [0, 0.05) is 60.6 Å². The molecule has 0 bridgehead atoms. The number of amidine groups is 1. The highest BCUT2D eigenvalue weighted by molar-refractivity contribution is 7.91. The van der Waals surface area contributed by atoms with Crippen molar-refractivity contribution in [1.29, 1.82) is 5.41 Å². The number of halogens is 1. The number of benzene rings is 2. The molecule has 1 fully saturated rings. The molecule has 1 saturated heterocycles. The van der Waals surface area contributed by atoms with E-state index >= 15 is 0 Å². The van der Waals surface area contributed by atoms with Crippen molar-refractivity contribution in [2.45, 2.75) is 10.6 Å². The molecule has 1 amide bonds. The fraction of sp³-hybridized carbons (Fsp3) is 0.385. The van der Waals surface area contributed by atoms with E-state index in [4.69, 9.17) is 17.0 Å². The van der Waals surface area contributed by atoms with Crippen molar-refractivity contribution in [2.75, 3.05) is 60.4 Å². The first-order valence-corrected chi connectivity index (χ1v) is 14.7. The van der Waals surface area contributed by atoms with Gasteiger partial charge in [0.15, 0.2) is 0 Å². The topological polar surface area (TPSA) is 88.0 Å². The fourth-order valence-corrected chi connectivity index (χ4v) is 7.53. The summed E-state index contributed by atoms with van der Waals surface area (Å²) < 4.78 is 29.0. The van der Waals surface area contributed by atoms with Crippen LogP contribution in [0.4, 0.5) is 0 Å². The highest BCUT2D eigenvalue weighted by Crippen LogP contribution is 2.33. The van der Waals surface area contributed by atoms with Crippen molar-refractivity contribution in [1.82, 2.24) is 19.0 Å². The summed E-state index contributed by atoms with van der Waals surface area (Å²) in [5, 5.41) is 9.86. The van der Waals surface area contributed by atoms with Crippen LogP contribution < -0.4 is 0 Å². The molecule has 198 valence electrons. The molecule has 1 aliphatic heterocycles. The minimum absolute atomic E-state index is 0.133. The third kappa shape index (κ3) is 6.32. The molecule has 0 unspecified atom stereocenters. The molecule has 4 rings (SSSR count). The lowest BCUT2D eigenvalue weighted by Crippen LogP contribution is -2.50. The standard InChI is InChI=1S/C26H32ClN5O3S2/c1-29(2)11-4-12-30(3)25(28)19-5-7-20(8-6-19)26(33)31-13-15-32(16-14-31)37(34,35)24-17-21-9-10-22(27)18-23(21)36-24/h5-10,17-18,28H,4,11-16H2,1-3H3. The van der Waals surface area contributed by atoms with Crippen LogP contribution in [0.5, 0.6) is 0 Å². The molecule has 37 heavy (non-hydrogen) atoms. The molecule has 0 saturated carbocycles. The smallest absolute Gasteiger partial charge is 0.253 e. The van der Waals surface area contributed by atoms with Gasteiger partial charge in [0.1, 0.15) is 10.0 Å². The molecule has 0 atom stereocenters. The number of carbonyl (C=O) groups excluding carboxylic acids is 1. The van der Waals surface area contributed by atoms with E-state index in [1.54, 1.807) is 47.4 Å². The summed E-state index contributed by atoms with van der Waals surface area (Å²) in [6, 6.07) is 14.1. The third-order valence-electron chi connectivity index (χ3n) is 6.47. The number of fused-ring (bicyclic) bond motifs is 1. The summed E-state index contributed by atoms with van der Waals surface area (Å²) in [6.45, 7) is 2.85. The van der Waals surface area contributed by atoms with Gasteiger partial charge in [0.2, 0.25) is 0 Å². The average molecular weight is 562 g/mol. The zero-order valence-electron chi connectivity index (χ0n) is 21.3. The maximum atomic E-state index is 13.2. The quantitative estimate of drug-likeness (QED) is 0.333. The Morgan fingerprint density at radius 1 is 0.973 bits per heavy atom. The van der Waals surface area contributed by atoms with Gasteiger partial charge in [0.25, 0.3) is 15.9 Å². The van der Waals surface area contributed by atoms with Crippen LogP contribution in [0.1, 0.15) is 22.3 Å². The highest BCUT2D eigenvalue weighted by Gasteiger charge is 2.31. The molecule has 2 aromatic carbocycles. The molecule has 3 aromatic rings. The summed E-state index contributed by atoms with van der Waals surface area (Å²) >= 11 is 7.26. The Morgan fingerprint density at radius 3 is 2.27 bits per heavy atom. The monoisotopic (exact) mass is 561 g/mol. The number of nitrogens with zero attached hydrogens (tertiary/aromatic N) is 4. The molecule has 2 heterocycles. The lowest BCUT2D eigenvalue weighted by Gasteiger charge is -2.33. The first kappa shape index (κ1) is 27.5. The van der Waals surface area contributed by atoms with E-state index < -0.39 is 10.0 Å². The summed E-state index contributed by atoms with van der Waals surface area (Å²) in [7, 11) is 2.32. The predicted octanol–water partition coefficient (Wildman–Crippen LogP) is 3.91. The SMILES string of the molecule is CN(C)CCCN(C)C(=N)c1ccc(C(=O)N2CCN(S(=O)(=O)c3cc4ccc(Cl)cc4s3)CC2)cc1. The molecule has 11 heteroatoms. The van der Waals surface area contributed by atoms with Crippen LogP contribution in [-0.4, -0.2) is 99.6 Å². The number of rotatable bonds is 8. The van der Waals surface area contributed by atoms with E-state index in [1.165, 1.54) is 15.6 Å². The molecule has 1 aliphatic rings. The Labute approximate surface area is 227 Å². The predicted molar refractivity (Wildman–Crippen MR) is 151 cm³/mol. The van der Waals surface area contributed by atoms with Crippen molar-refractivity contribution < 1.29 is 13.2 Å². The summed E-state index contributed by atoms with van der Waals surface area (Å²) in [5.74, 6) is 0.283. The molecular weight excluding hydrogens is 530 g/mol. The molecule has 1 N–H and O–H groups in total. The Hall–Kier alpha value is -2.50. The summed E-state index contributed by atoms with van der Waals surface area (Å²) in [6.07, 6.45) is 0.960. The maximum absolute atomic E-state index is 13.2. The van der Waals surface area contributed by atoms with Crippen molar-refractivity contribution in [3.63, 3.8) is 0 Å². The molecule has 8 nitrogen and oxygen atoms in total. The largest absolute Gasteiger partial charge is 0.360 e. The Balaban J connectivity index is 1.35. The lowest BCUT2D eigenvalue weighted by molar-refractivity contribution is 0.0698. The zero-order valence-corrected chi connectivity index (χ0v) is 23.7. The van der Waals surface area contributed by atoms with Crippen molar-refractivity contribution >= 4 is 54.8 Å². The zero-order chi connectivity index (χ0) is 26.7. The van der Waals surface area contributed by atoms with Crippen LogP contribution in [0.15, 0.2) is 52.7 Å². The summed E-state index contributed by atoms with van der Waals surface area (Å²) in [5.41, 5.74) is 1.29. The van der Waals surface area contributed by atoms with Gasteiger partial charge in [-0.3, -0.25) is 10.2 Å². The second-order valence-electron chi connectivity index (χ2n) is 9.45. The number of thiophene rings is 1. The van der Waals surface area contributed by atoms with Crippen LogP contribution in [0.2, 0.25) is 5.02 Å². The van der Waals surface area contributed by atoms with Gasteiger partial charge in [-0.15, -0.1) is 11.3 Å².